The molecule has 356 valence electrons. The topological polar surface area (TPSA) is 110 Å². The fraction of sp³-hybridized carbons (Fsp3) is 0.907. The standard InChI is InChI=1S/C54H105NO5/c1-3-5-7-9-11-13-15-16-17-18-19-20-21-22-23-24-25-26-27-28-29-30-31-32-33-34-35-36-37-38-40-42-44-46-48-52(58)54(60)55-50(49-56)53(59)51(57)47-45-43-41-39-14-12-10-8-6-4-2/h8,10,39,41,50-53,56-59H,3-7,9,11-38,40,42-49H2,1-2H3,(H,55,60)/b10-8+,41-39+. The van der Waals surface area contributed by atoms with Crippen LogP contribution in [0.4, 0.5) is 0 Å². The molecular weight excluding hydrogens is 743 g/mol. The molecule has 1 amide bonds. The van der Waals surface area contributed by atoms with Crippen LogP contribution in [0.2, 0.25) is 0 Å². The first-order chi connectivity index (χ1) is 29.5. The molecule has 0 aliphatic heterocycles. The Morgan fingerprint density at radius 3 is 1.05 bits per heavy atom. The Morgan fingerprint density at radius 1 is 0.400 bits per heavy atom. The lowest BCUT2D eigenvalue weighted by Crippen LogP contribution is -2.53. The van der Waals surface area contributed by atoms with Gasteiger partial charge < -0.3 is 25.7 Å². The molecule has 0 saturated carbocycles. The van der Waals surface area contributed by atoms with Gasteiger partial charge in [-0.25, -0.2) is 0 Å². The van der Waals surface area contributed by atoms with Gasteiger partial charge in [-0.05, 0) is 44.9 Å². The third-order valence-electron chi connectivity index (χ3n) is 12.6. The van der Waals surface area contributed by atoms with Crippen LogP contribution in [-0.2, 0) is 4.79 Å². The van der Waals surface area contributed by atoms with Gasteiger partial charge in [-0.3, -0.25) is 4.79 Å². The molecule has 0 spiro atoms. The highest BCUT2D eigenvalue weighted by Crippen LogP contribution is 2.18. The van der Waals surface area contributed by atoms with E-state index in [2.05, 4.69) is 43.5 Å². The molecule has 0 bridgehead atoms. The summed E-state index contributed by atoms with van der Waals surface area (Å²) in [5.41, 5.74) is 0. The van der Waals surface area contributed by atoms with Crippen molar-refractivity contribution in [2.75, 3.05) is 6.61 Å². The molecule has 4 atom stereocenters. The van der Waals surface area contributed by atoms with Crippen LogP contribution in [0, 0.1) is 0 Å². The van der Waals surface area contributed by atoms with Crippen molar-refractivity contribution in [2.45, 2.75) is 308 Å². The molecule has 0 aromatic rings. The van der Waals surface area contributed by atoms with Crippen molar-refractivity contribution >= 4 is 5.91 Å². The molecular formula is C54H105NO5. The molecule has 6 heteroatoms. The van der Waals surface area contributed by atoms with Crippen molar-refractivity contribution in [3.63, 3.8) is 0 Å². The van der Waals surface area contributed by atoms with E-state index in [0.717, 1.165) is 44.9 Å². The number of nitrogens with one attached hydrogen (secondary N) is 1. The molecule has 0 radical (unpaired) electrons. The second kappa shape index (κ2) is 48.8. The molecule has 0 aliphatic rings. The number of carbonyl (C=O) groups is 1. The predicted molar refractivity (Wildman–Crippen MR) is 261 cm³/mol. The lowest BCUT2D eigenvalue weighted by molar-refractivity contribution is -0.132. The van der Waals surface area contributed by atoms with Crippen molar-refractivity contribution < 1.29 is 25.2 Å². The second-order valence-corrected chi connectivity index (χ2v) is 18.6. The number of rotatable bonds is 49. The van der Waals surface area contributed by atoms with Crippen LogP contribution in [0.1, 0.15) is 284 Å². The molecule has 0 rings (SSSR count). The van der Waals surface area contributed by atoms with E-state index in [1.54, 1.807) is 0 Å². The number of hydrogen-bond donors (Lipinski definition) is 5. The lowest BCUT2D eigenvalue weighted by Gasteiger charge is -2.27. The Bertz CT molecular complexity index is 909. The van der Waals surface area contributed by atoms with E-state index in [1.807, 2.05) is 0 Å². The number of hydrogen-bond acceptors (Lipinski definition) is 5. The van der Waals surface area contributed by atoms with Crippen LogP contribution in [-0.4, -0.2) is 57.3 Å². The van der Waals surface area contributed by atoms with Crippen LogP contribution in [0.5, 0.6) is 0 Å². The molecule has 0 aliphatic carbocycles. The summed E-state index contributed by atoms with van der Waals surface area (Å²) < 4.78 is 0. The summed E-state index contributed by atoms with van der Waals surface area (Å²) in [6.07, 6.45) is 58.5. The van der Waals surface area contributed by atoms with Crippen molar-refractivity contribution in [1.29, 1.82) is 0 Å². The number of allylic oxidation sites excluding steroid dienone is 4. The SMILES string of the molecule is CCC/C=C/CC/C=C/CCCC(O)C(O)C(CO)NC(=O)C(O)CCCCCCCCCCCCCCCCCCCCCCCCCCCCCCCCCCCC. The summed E-state index contributed by atoms with van der Waals surface area (Å²) in [4.78, 5) is 12.5. The molecule has 5 N–H and O–H groups in total. The third-order valence-corrected chi connectivity index (χ3v) is 12.6. The fourth-order valence-corrected chi connectivity index (χ4v) is 8.43. The van der Waals surface area contributed by atoms with Crippen molar-refractivity contribution in [1.82, 2.24) is 5.32 Å². The minimum atomic E-state index is -1.29. The third kappa shape index (κ3) is 42.1. The summed E-state index contributed by atoms with van der Waals surface area (Å²) in [5.74, 6) is -0.595. The zero-order valence-electron chi connectivity index (χ0n) is 40.2. The van der Waals surface area contributed by atoms with Crippen molar-refractivity contribution in [2.24, 2.45) is 0 Å². The Kier molecular flexibility index (Phi) is 47.8. The van der Waals surface area contributed by atoms with Gasteiger partial charge in [0.2, 0.25) is 5.91 Å². The van der Waals surface area contributed by atoms with E-state index in [-0.39, 0.29) is 0 Å². The van der Waals surface area contributed by atoms with Gasteiger partial charge in [-0.2, -0.15) is 0 Å². The molecule has 0 saturated heterocycles. The van der Waals surface area contributed by atoms with E-state index in [0.29, 0.717) is 19.3 Å². The van der Waals surface area contributed by atoms with Gasteiger partial charge in [-0.1, -0.05) is 263 Å². The summed E-state index contributed by atoms with van der Waals surface area (Å²) in [7, 11) is 0. The van der Waals surface area contributed by atoms with Crippen LogP contribution < -0.4 is 5.32 Å². The van der Waals surface area contributed by atoms with Crippen LogP contribution in [0.15, 0.2) is 24.3 Å². The summed E-state index contributed by atoms with van der Waals surface area (Å²) in [6, 6.07) is -1.00. The van der Waals surface area contributed by atoms with Gasteiger partial charge >= 0.3 is 0 Å². The Morgan fingerprint density at radius 2 is 0.717 bits per heavy atom. The molecule has 60 heavy (non-hydrogen) atoms. The molecule has 4 unspecified atom stereocenters. The van der Waals surface area contributed by atoms with E-state index >= 15 is 0 Å². The van der Waals surface area contributed by atoms with E-state index in [4.69, 9.17) is 0 Å². The van der Waals surface area contributed by atoms with E-state index in [1.165, 1.54) is 205 Å². The van der Waals surface area contributed by atoms with Gasteiger partial charge in [0.05, 0.1) is 18.8 Å². The largest absolute Gasteiger partial charge is 0.394 e. The van der Waals surface area contributed by atoms with Gasteiger partial charge in [-0.15, -0.1) is 0 Å². The van der Waals surface area contributed by atoms with Gasteiger partial charge in [0, 0.05) is 0 Å². The van der Waals surface area contributed by atoms with E-state index in [9.17, 15) is 25.2 Å². The first kappa shape index (κ1) is 58.8. The Labute approximate surface area is 374 Å². The number of aliphatic hydroxyl groups excluding tert-OH is 4. The molecule has 0 fully saturated rings. The zero-order valence-corrected chi connectivity index (χ0v) is 40.2. The van der Waals surface area contributed by atoms with Crippen LogP contribution >= 0.6 is 0 Å². The van der Waals surface area contributed by atoms with Crippen LogP contribution in [0.3, 0.4) is 0 Å². The first-order valence-electron chi connectivity index (χ1n) is 26.7. The highest BCUT2D eigenvalue weighted by atomic mass is 16.3. The smallest absolute Gasteiger partial charge is 0.249 e. The maximum atomic E-state index is 12.5. The zero-order chi connectivity index (χ0) is 43.8. The molecule has 0 heterocycles. The first-order valence-corrected chi connectivity index (χ1v) is 26.7. The van der Waals surface area contributed by atoms with Gasteiger partial charge in [0.15, 0.2) is 0 Å². The minimum absolute atomic E-state index is 0.364. The average molecular weight is 848 g/mol. The number of aliphatic hydroxyl groups is 4. The average Bonchev–Trinajstić information content (AvgIpc) is 3.25. The lowest BCUT2D eigenvalue weighted by atomic mass is 10.00. The maximum absolute atomic E-state index is 12.5. The van der Waals surface area contributed by atoms with Crippen LogP contribution in [0.25, 0.3) is 0 Å². The fourth-order valence-electron chi connectivity index (χ4n) is 8.43. The maximum Gasteiger partial charge on any atom is 0.249 e. The van der Waals surface area contributed by atoms with Crippen molar-refractivity contribution in [3.8, 4) is 0 Å². The molecule has 0 aromatic carbocycles. The molecule has 6 nitrogen and oxygen atoms in total. The summed E-state index contributed by atoms with van der Waals surface area (Å²) in [5, 5.41) is 43.6. The van der Waals surface area contributed by atoms with E-state index < -0.39 is 36.9 Å². The summed E-state index contributed by atoms with van der Waals surface area (Å²) in [6.45, 7) is 3.97. The summed E-state index contributed by atoms with van der Waals surface area (Å²) >= 11 is 0. The predicted octanol–water partition coefficient (Wildman–Crippen LogP) is 15.1. The highest BCUT2D eigenvalue weighted by molar-refractivity contribution is 5.80. The normalized spacial score (nSPS) is 14.0. The molecule has 0 aromatic heterocycles. The highest BCUT2D eigenvalue weighted by Gasteiger charge is 2.28. The monoisotopic (exact) mass is 848 g/mol. The Balaban J connectivity index is 3.49. The van der Waals surface area contributed by atoms with Gasteiger partial charge in [0.25, 0.3) is 0 Å². The second-order valence-electron chi connectivity index (χ2n) is 18.6. The number of amides is 1. The Hall–Kier alpha value is -1.21. The number of carbonyl (C=O) groups excluding carboxylic acids is 1. The minimum Gasteiger partial charge on any atom is -0.394 e. The van der Waals surface area contributed by atoms with Gasteiger partial charge in [0.1, 0.15) is 12.2 Å². The van der Waals surface area contributed by atoms with Crippen molar-refractivity contribution in [3.05, 3.63) is 24.3 Å². The number of unbranched alkanes of at least 4 members (excludes halogenated alkanes) is 36. The quantitative estimate of drug-likeness (QED) is 0.0309.